The number of amides is 1. The molecule has 1 amide bonds. The smallest absolute Gasteiger partial charge is 0.244 e. The Bertz CT molecular complexity index is 872. The zero-order chi connectivity index (χ0) is 18.0. The third-order valence-electron chi connectivity index (χ3n) is 3.96. The predicted octanol–water partition coefficient (Wildman–Crippen LogP) is 1.13. The van der Waals surface area contributed by atoms with Crippen LogP contribution in [-0.4, -0.2) is 58.1 Å². The lowest BCUT2D eigenvalue weighted by Crippen LogP contribution is -2.30. The van der Waals surface area contributed by atoms with Crippen LogP contribution in [0.1, 0.15) is 26.7 Å². The van der Waals surface area contributed by atoms with Gasteiger partial charge in [-0.05, 0) is 25.0 Å². The van der Waals surface area contributed by atoms with Gasteiger partial charge in [0.15, 0.2) is 10.8 Å². The number of nitrogens with zero attached hydrogens (tertiary/aromatic N) is 4. The summed E-state index contributed by atoms with van der Waals surface area (Å²) in [6, 6.07) is 3.47. The first-order valence-corrected chi connectivity index (χ1v) is 10.6. The first-order valence-electron chi connectivity index (χ1n) is 8.22. The molecule has 2 aromatic heterocycles. The van der Waals surface area contributed by atoms with Crippen molar-refractivity contribution in [2.75, 3.05) is 18.8 Å². The SMILES string of the molecule is CCN(CC)S(=O)(=O)c1ccc2nnc(SCC(=O)NC3CC3)n2c1. The molecule has 1 N–H and O–H groups in total. The minimum absolute atomic E-state index is 0.0452. The van der Waals surface area contributed by atoms with Gasteiger partial charge in [0.05, 0.1) is 10.6 Å². The summed E-state index contributed by atoms with van der Waals surface area (Å²) in [5.74, 6) is 0.181. The van der Waals surface area contributed by atoms with Gasteiger partial charge < -0.3 is 5.32 Å². The summed E-state index contributed by atoms with van der Waals surface area (Å²) in [5, 5.41) is 11.5. The van der Waals surface area contributed by atoms with E-state index in [-0.39, 0.29) is 16.6 Å². The maximum absolute atomic E-state index is 12.7. The van der Waals surface area contributed by atoms with Crippen molar-refractivity contribution in [3.8, 4) is 0 Å². The Labute approximate surface area is 151 Å². The molecule has 25 heavy (non-hydrogen) atoms. The molecule has 2 aromatic rings. The standard InChI is InChI=1S/C15H21N5O3S2/c1-3-19(4-2)25(22,23)12-7-8-13-17-18-15(20(13)9-12)24-10-14(21)16-11-5-6-11/h7-9,11H,3-6,10H2,1-2H3,(H,16,21). The Kier molecular flexibility index (Phi) is 5.30. The van der Waals surface area contributed by atoms with Crippen molar-refractivity contribution >= 4 is 33.3 Å². The van der Waals surface area contributed by atoms with Gasteiger partial charge in [-0.1, -0.05) is 25.6 Å². The summed E-state index contributed by atoms with van der Waals surface area (Å²) < 4.78 is 28.3. The number of fused-ring (bicyclic) bond motifs is 1. The highest BCUT2D eigenvalue weighted by Gasteiger charge is 2.24. The molecule has 0 atom stereocenters. The van der Waals surface area contributed by atoms with Crippen molar-refractivity contribution in [1.82, 2.24) is 24.2 Å². The minimum atomic E-state index is -3.56. The van der Waals surface area contributed by atoms with E-state index < -0.39 is 10.0 Å². The average Bonchev–Trinajstić information content (AvgIpc) is 3.31. The van der Waals surface area contributed by atoms with Gasteiger partial charge in [-0.15, -0.1) is 10.2 Å². The van der Waals surface area contributed by atoms with Gasteiger partial charge >= 0.3 is 0 Å². The van der Waals surface area contributed by atoms with Crippen LogP contribution in [0.15, 0.2) is 28.4 Å². The average molecular weight is 383 g/mol. The van der Waals surface area contributed by atoms with E-state index in [1.807, 2.05) is 0 Å². The molecule has 1 saturated carbocycles. The molecule has 0 aliphatic heterocycles. The van der Waals surface area contributed by atoms with E-state index in [0.29, 0.717) is 29.9 Å². The summed E-state index contributed by atoms with van der Waals surface area (Å²) in [6.07, 6.45) is 3.60. The first kappa shape index (κ1) is 18.2. The van der Waals surface area contributed by atoms with Gasteiger partial charge in [-0.3, -0.25) is 9.20 Å². The van der Waals surface area contributed by atoms with Crippen LogP contribution in [-0.2, 0) is 14.8 Å². The van der Waals surface area contributed by atoms with Crippen molar-refractivity contribution < 1.29 is 13.2 Å². The molecule has 8 nitrogen and oxygen atoms in total. The van der Waals surface area contributed by atoms with Crippen LogP contribution in [0.5, 0.6) is 0 Å². The van der Waals surface area contributed by atoms with Gasteiger partial charge in [0.25, 0.3) is 0 Å². The molecule has 0 radical (unpaired) electrons. The third kappa shape index (κ3) is 3.96. The lowest BCUT2D eigenvalue weighted by atomic mass is 10.5. The van der Waals surface area contributed by atoms with Crippen molar-refractivity contribution in [3.05, 3.63) is 18.3 Å². The highest BCUT2D eigenvalue weighted by atomic mass is 32.2. The van der Waals surface area contributed by atoms with E-state index in [0.717, 1.165) is 12.8 Å². The second-order valence-electron chi connectivity index (χ2n) is 5.80. The number of hydrogen-bond acceptors (Lipinski definition) is 6. The van der Waals surface area contributed by atoms with Crippen LogP contribution in [0.2, 0.25) is 0 Å². The number of carbonyl (C=O) groups is 1. The summed E-state index contributed by atoms with van der Waals surface area (Å²) in [5.41, 5.74) is 0.545. The van der Waals surface area contributed by atoms with Crippen molar-refractivity contribution in [2.45, 2.75) is 42.8 Å². The molecule has 0 unspecified atom stereocenters. The first-order chi connectivity index (χ1) is 12.0. The lowest BCUT2D eigenvalue weighted by Gasteiger charge is -2.18. The lowest BCUT2D eigenvalue weighted by molar-refractivity contribution is -0.118. The van der Waals surface area contributed by atoms with E-state index in [1.54, 1.807) is 24.3 Å². The Morgan fingerprint density at radius 1 is 1.32 bits per heavy atom. The number of carbonyl (C=O) groups excluding carboxylic acids is 1. The largest absolute Gasteiger partial charge is 0.353 e. The molecule has 0 bridgehead atoms. The van der Waals surface area contributed by atoms with Crippen molar-refractivity contribution in [1.29, 1.82) is 0 Å². The topological polar surface area (TPSA) is 96.7 Å². The van der Waals surface area contributed by atoms with E-state index in [1.165, 1.54) is 28.3 Å². The number of rotatable bonds is 8. The Hall–Kier alpha value is -1.65. The summed E-state index contributed by atoms with van der Waals surface area (Å²) in [7, 11) is -3.56. The van der Waals surface area contributed by atoms with E-state index in [2.05, 4.69) is 15.5 Å². The molecular formula is C15H21N5O3S2. The molecule has 3 rings (SSSR count). The number of nitrogens with one attached hydrogen (secondary N) is 1. The van der Waals surface area contributed by atoms with Gasteiger partial charge in [0.1, 0.15) is 0 Å². The molecule has 1 aliphatic rings. The van der Waals surface area contributed by atoms with Gasteiger partial charge in [0.2, 0.25) is 15.9 Å². The van der Waals surface area contributed by atoms with E-state index in [9.17, 15) is 13.2 Å². The monoisotopic (exact) mass is 383 g/mol. The van der Waals surface area contributed by atoms with Crippen molar-refractivity contribution in [2.24, 2.45) is 0 Å². The van der Waals surface area contributed by atoms with Gasteiger partial charge in [-0.25, -0.2) is 8.42 Å². The fraction of sp³-hybridized carbons (Fsp3) is 0.533. The Morgan fingerprint density at radius 2 is 2.04 bits per heavy atom. The molecule has 2 heterocycles. The second kappa shape index (κ2) is 7.30. The van der Waals surface area contributed by atoms with Crippen LogP contribution in [0.3, 0.4) is 0 Å². The third-order valence-corrected chi connectivity index (χ3v) is 6.94. The normalized spacial score (nSPS) is 15.0. The maximum atomic E-state index is 12.7. The van der Waals surface area contributed by atoms with Crippen LogP contribution >= 0.6 is 11.8 Å². The van der Waals surface area contributed by atoms with Crippen molar-refractivity contribution in [3.63, 3.8) is 0 Å². The highest BCUT2D eigenvalue weighted by molar-refractivity contribution is 7.99. The molecule has 136 valence electrons. The van der Waals surface area contributed by atoms with Crippen LogP contribution < -0.4 is 5.32 Å². The maximum Gasteiger partial charge on any atom is 0.244 e. The van der Waals surface area contributed by atoms with E-state index in [4.69, 9.17) is 0 Å². The Morgan fingerprint density at radius 3 is 2.68 bits per heavy atom. The number of hydrogen-bond donors (Lipinski definition) is 1. The predicted molar refractivity (Wildman–Crippen MR) is 95.0 cm³/mol. The number of thioether (sulfide) groups is 1. The molecule has 1 aliphatic carbocycles. The summed E-state index contributed by atoms with van der Waals surface area (Å²) in [6.45, 7) is 4.42. The molecule has 1 fully saturated rings. The van der Waals surface area contributed by atoms with Gasteiger partial charge in [-0.2, -0.15) is 4.31 Å². The molecule has 0 aromatic carbocycles. The molecular weight excluding hydrogens is 362 g/mol. The van der Waals surface area contributed by atoms with Gasteiger partial charge in [0, 0.05) is 25.3 Å². The zero-order valence-corrected chi connectivity index (χ0v) is 15.8. The number of pyridine rings is 1. The minimum Gasteiger partial charge on any atom is -0.353 e. The number of aromatic nitrogens is 3. The molecule has 10 heteroatoms. The molecule has 0 saturated heterocycles. The fourth-order valence-electron chi connectivity index (χ4n) is 2.44. The quantitative estimate of drug-likeness (QED) is 0.687. The summed E-state index contributed by atoms with van der Waals surface area (Å²) in [4.78, 5) is 12.0. The fourth-order valence-corrected chi connectivity index (χ4v) is 4.62. The zero-order valence-electron chi connectivity index (χ0n) is 14.2. The second-order valence-corrected chi connectivity index (χ2v) is 8.68. The van der Waals surface area contributed by atoms with Crippen LogP contribution in [0.4, 0.5) is 0 Å². The van der Waals surface area contributed by atoms with E-state index >= 15 is 0 Å². The summed E-state index contributed by atoms with van der Waals surface area (Å²) >= 11 is 1.24. The Balaban J connectivity index is 1.82. The molecule has 0 spiro atoms. The van der Waals surface area contributed by atoms with Crippen LogP contribution in [0.25, 0.3) is 5.65 Å². The number of sulfonamides is 1. The highest BCUT2D eigenvalue weighted by Crippen LogP contribution is 2.22. The van der Waals surface area contributed by atoms with Crippen LogP contribution in [0, 0.1) is 0 Å².